The summed E-state index contributed by atoms with van der Waals surface area (Å²) in [5.41, 5.74) is -2.82. The van der Waals surface area contributed by atoms with Crippen molar-refractivity contribution in [2.45, 2.75) is 31.0 Å². The Kier molecular flexibility index (Phi) is 3.37. The molecule has 0 aliphatic carbocycles. The van der Waals surface area contributed by atoms with Crippen molar-refractivity contribution in [2.75, 3.05) is 6.61 Å². The summed E-state index contributed by atoms with van der Waals surface area (Å²) in [5.74, 6) is 0. The SMILES string of the molecule is C[C@@]1(F)C(O)[C@@H](CO)O[C@H]1n1ccc(=S)[nH]c1=O. The van der Waals surface area contributed by atoms with Gasteiger partial charge in [-0.1, -0.05) is 12.2 Å². The molecule has 2 heterocycles. The van der Waals surface area contributed by atoms with Crippen LogP contribution in [0.3, 0.4) is 0 Å². The van der Waals surface area contributed by atoms with E-state index in [1.54, 1.807) is 0 Å². The summed E-state index contributed by atoms with van der Waals surface area (Å²) in [6.07, 6.45) is -2.61. The van der Waals surface area contributed by atoms with Gasteiger partial charge in [0.1, 0.15) is 16.8 Å². The van der Waals surface area contributed by atoms with Crippen molar-refractivity contribution in [1.29, 1.82) is 0 Å². The molecule has 1 aromatic heterocycles. The van der Waals surface area contributed by atoms with E-state index < -0.39 is 36.4 Å². The highest BCUT2D eigenvalue weighted by Gasteiger charge is 2.54. The Morgan fingerprint density at radius 2 is 2.39 bits per heavy atom. The minimum Gasteiger partial charge on any atom is -0.394 e. The molecule has 0 radical (unpaired) electrons. The molecule has 1 aliphatic heterocycles. The molecule has 1 fully saturated rings. The van der Waals surface area contributed by atoms with Crippen molar-refractivity contribution >= 4 is 12.2 Å². The van der Waals surface area contributed by atoms with Crippen molar-refractivity contribution in [3.63, 3.8) is 0 Å². The first-order valence-electron chi connectivity index (χ1n) is 5.32. The first kappa shape index (κ1) is 13.3. The van der Waals surface area contributed by atoms with Gasteiger partial charge in [-0.15, -0.1) is 0 Å². The van der Waals surface area contributed by atoms with Crippen LogP contribution < -0.4 is 5.69 Å². The summed E-state index contributed by atoms with van der Waals surface area (Å²) in [6, 6.07) is 1.41. The molecule has 18 heavy (non-hydrogen) atoms. The molecule has 1 aromatic rings. The number of nitrogens with one attached hydrogen (secondary N) is 1. The van der Waals surface area contributed by atoms with E-state index in [9.17, 15) is 14.3 Å². The first-order chi connectivity index (χ1) is 8.37. The number of aliphatic hydroxyl groups excluding tert-OH is 2. The zero-order chi connectivity index (χ0) is 13.5. The quantitative estimate of drug-likeness (QED) is 0.656. The fraction of sp³-hybridized carbons (Fsp3) is 0.600. The van der Waals surface area contributed by atoms with Gasteiger partial charge in [-0.05, 0) is 13.0 Å². The van der Waals surface area contributed by atoms with Crippen LogP contribution in [0.4, 0.5) is 4.39 Å². The van der Waals surface area contributed by atoms with Gasteiger partial charge >= 0.3 is 5.69 Å². The van der Waals surface area contributed by atoms with Gasteiger partial charge in [0.25, 0.3) is 0 Å². The number of ether oxygens (including phenoxy) is 1. The van der Waals surface area contributed by atoms with Crippen molar-refractivity contribution in [3.05, 3.63) is 27.4 Å². The molecular weight excluding hydrogens is 263 g/mol. The second kappa shape index (κ2) is 4.54. The Morgan fingerprint density at radius 1 is 1.72 bits per heavy atom. The standard InChI is InChI=1S/C10H13FN2O4S/c1-10(11)7(15)5(4-14)17-8(10)13-3-2-6(18)12-9(13)16/h2-3,5,7-8,14-15H,4H2,1H3,(H,12,16,18)/t5-,7?,8-,10-/m1/s1. The van der Waals surface area contributed by atoms with Crippen LogP contribution in [0.1, 0.15) is 13.2 Å². The van der Waals surface area contributed by atoms with Crippen LogP contribution in [0, 0.1) is 4.64 Å². The minimum atomic E-state index is -2.19. The Bertz CT molecular complexity index is 555. The summed E-state index contributed by atoms with van der Waals surface area (Å²) in [7, 11) is 0. The van der Waals surface area contributed by atoms with Crippen molar-refractivity contribution in [1.82, 2.24) is 9.55 Å². The third-order valence-corrected chi connectivity index (χ3v) is 3.24. The molecule has 0 amide bonds. The van der Waals surface area contributed by atoms with Crippen LogP contribution >= 0.6 is 12.2 Å². The molecule has 3 N–H and O–H groups in total. The number of hydrogen-bond acceptors (Lipinski definition) is 5. The lowest BCUT2D eigenvalue weighted by Crippen LogP contribution is -2.42. The molecule has 100 valence electrons. The van der Waals surface area contributed by atoms with Gasteiger partial charge in [0, 0.05) is 6.20 Å². The molecule has 1 aliphatic rings. The molecule has 2 rings (SSSR count). The zero-order valence-corrected chi connectivity index (χ0v) is 10.4. The smallest absolute Gasteiger partial charge is 0.328 e. The highest BCUT2D eigenvalue weighted by Crippen LogP contribution is 2.40. The number of rotatable bonds is 2. The zero-order valence-electron chi connectivity index (χ0n) is 9.54. The summed E-state index contributed by atoms with van der Waals surface area (Å²) >= 11 is 4.77. The Labute approximate surface area is 107 Å². The van der Waals surface area contributed by atoms with Gasteiger partial charge in [-0.3, -0.25) is 9.55 Å². The van der Waals surface area contributed by atoms with Crippen LogP contribution in [0.2, 0.25) is 0 Å². The van der Waals surface area contributed by atoms with Crippen LogP contribution in [0.5, 0.6) is 0 Å². The van der Waals surface area contributed by atoms with Gasteiger partial charge in [-0.2, -0.15) is 0 Å². The number of halogens is 1. The van der Waals surface area contributed by atoms with E-state index in [-0.39, 0.29) is 4.64 Å². The van der Waals surface area contributed by atoms with Crippen molar-refractivity contribution in [2.24, 2.45) is 0 Å². The molecule has 1 saturated heterocycles. The molecule has 6 nitrogen and oxygen atoms in total. The summed E-state index contributed by atoms with van der Waals surface area (Å²) < 4.78 is 20.7. The van der Waals surface area contributed by atoms with Gasteiger partial charge in [-0.25, -0.2) is 9.18 Å². The monoisotopic (exact) mass is 276 g/mol. The molecule has 1 unspecified atom stereocenters. The predicted octanol–water partition coefficient (Wildman–Crippen LogP) is -0.115. The van der Waals surface area contributed by atoms with Crippen LogP contribution in [0.25, 0.3) is 0 Å². The van der Waals surface area contributed by atoms with E-state index in [1.807, 2.05) is 0 Å². The molecule has 0 spiro atoms. The van der Waals surface area contributed by atoms with Gasteiger partial charge in [0.15, 0.2) is 11.9 Å². The van der Waals surface area contributed by atoms with E-state index in [0.717, 1.165) is 11.5 Å². The highest BCUT2D eigenvalue weighted by atomic mass is 32.1. The third kappa shape index (κ3) is 2.01. The largest absolute Gasteiger partial charge is 0.394 e. The molecule has 0 aromatic carbocycles. The van der Waals surface area contributed by atoms with E-state index in [0.29, 0.717) is 0 Å². The van der Waals surface area contributed by atoms with Crippen LogP contribution in [-0.2, 0) is 4.74 Å². The maximum absolute atomic E-state index is 14.4. The van der Waals surface area contributed by atoms with Gasteiger partial charge in [0.2, 0.25) is 0 Å². The predicted molar refractivity (Wildman–Crippen MR) is 62.4 cm³/mol. The first-order valence-corrected chi connectivity index (χ1v) is 5.73. The highest BCUT2D eigenvalue weighted by molar-refractivity contribution is 7.71. The van der Waals surface area contributed by atoms with Crippen LogP contribution in [-0.4, -0.2) is 44.2 Å². The lowest BCUT2D eigenvalue weighted by molar-refractivity contribution is -0.0611. The summed E-state index contributed by atoms with van der Waals surface area (Å²) in [4.78, 5) is 14.0. The van der Waals surface area contributed by atoms with E-state index >= 15 is 0 Å². The van der Waals surface area contributed by atoms with E-state index in [4.69, 9.17) is 22.1 Å². The number of alkyl halides is 1. The Balaban J connectivity index is 2.45. The fourth-order valence-electron chi connectivity index (χ4n) is 1.97. The molecule has 8 heteroatoms. The maximum Gasteiger partial charge on any atom is 0.328 e. The average Bonchev–Trinajstić information content (AvgIpc) is 2.52. The molecule has 0 saturated carbocycles. The second-order valence-electron chi connectivity index (χ2n) is 4.32. The summed E-state index contributed by atoms with van der Waals surface area (Å²) in [6.45, 7) is 0.584. The number of aromatic amines is 1. The van der Waals surface area contributed by atoms with E-state index in [1.165, 1.54) is 12.3 Å². The number of aromatic nitrogens is 2. The van der Waals surface area contributed by atoms with Gasteiger partial charge in [0.05, 0.1) is 6.61 Å². The maximum atomic E-state index is 14.4. The average molecular weight is 276 g/mol. The van der Waals surface area contributed by atoms with Crippen molar-refractivity contribution in [3.8, 4) is 0 Å². The number of nitrogens with zero attached hydrogens (tertiary/aromatic N) is 1. The van der Waals surface area contributed by atoms with Crippen molar-refractivity contribution < 1.29 is 19.3 Å². The molecule has 4 atom stereocenters. The van der Waals surface area contributed by atoms with E-state index in [2.05, 4.69) is 4.98 Å². The molecule has 0 bridgehead atoms. The number of H-pyrrole nitrogens is 1. The molecular formula is C10H13FN2O4S. The lowest BCUT2D eigenvalue weighted by atomic mass is 9.98. The van der Waals surface area contributed by atoms with Gasteiger partial charge < -0.3 is 14.9 Å². The third-order valence-electron chi connectivity index (χ3n) is 3.00. The van der Waals surface area contributed by atoms with Crippen LogP contribution in [0.15, 0.2) is 17.1 Å². The normalized spacial score (nSPS) is 35.9. The minimum absolute atomic E-state index is 0.217. The lowest BCUT2D eigenvalue weighted by Gasteiger charge is -2.24. The number of aliphatic hydroxyl groups is 2. The Morgan fingerprint density at radius 3 is 2.89 bits per heavy atom. The topological polar surface area (TPSA) is 87.5 Å². The Hall–Kier alpha value is -1.09. The second-order valence-corrected chi connectivity index (χ2v) is 4.76. The number of hydrogen-bond donors (Lipinski definition) is 3. The fourth-order valence-corrected chi connectivity index (χ4v) is 2.12. The summed E-state index contributed by atoms with van der Waals surface area (Å²) in [5, 5.41) is 18.7.